The van der Waals surface area contributed by atoms with Crippen LogP contribution in [0.3, 0.4) is 0 Å². The van der Waals surface area contributed by atoms with Crippen molar-refractivity contribution < 1.29 is 0 Å². The number of fused-ring (bicyclic) bond motifs is 3. The van der Waals surface area contributed by atoms with Crippen LogP contribution in [-0.4, -0.2) is 13.1 Å². The van der Waals surface area contributed by atoms with E-state index in [1.54, 1.807) is 0 Å². The second-order valence-corrected chi connectivity index (χ2v) is 7.87. The summed E-state index contributed by atoms with van der Waals surface area (Å²) >= 11 is 6.78. The molecule has 0 saturated carbocycles. The molecule has 0 radical (unpaired) electrons. The Labute approximate surface area is 173 Å². The van der Waals surface area contributed by atoms with Crippen LogP contribution in [0.2, 0.25) is 5.02 Å². The average molecular weight is 391 g/mol. The monoisotopic (exact) mass is 390 g/mol. The predicted molar refractivity (Wildman–Crippen MR) is 122 cm³/mol. The number of benzene rings is 3. The van der Waals surface area contributed by atoms with Crippen LogP contribution in [0.1, 0.15) is 43.5 Å². The number of anilines is 2. The molecule has 0 bridgehead atoms. The zero-order chi connectivity index (χ0) is 19.7. The molecule has 1 N–H and O–H groups in total. The van der Waals surface area contributed by atoms with Gasteiger partial charge in [0.25, 0.3) is 0 Å². The van der Waals surface area contributed by atoms with Crippen LogP contribution in [0.15, 0.2) is 60.7 Å². The third kappa shape index (κ3) is 3.49. The summed E-state index contributed by atoms with van der Waals surface area (Å²) in [5.41, 5.74) is 8.77. The minimum Gasteiger partial charge on any atom is -0.378 e. The van der Waals surface area contributed by atoms with Crippen LogP contribution in [0.4, 0.5) is 11.4 Å². The minimum absolute atomic E-state index is 0.230. The third-order valence-electron chi connectivity index (χ3n) is 5.73. The second-order valence-electron chi connectivity index (χ2n) is 7.46. The smallest absolute Gasteiger partial charge is 0.0507 e. The molecule has 0 aromatic heterocycles. The van der Waals surface area contributed by atoms with Gasteiger partial charge in [0, 0.05) is 36.1 Å². The molecule has 2 nitrogen and oxygen atoms in total. The molecule has 1 aliphatic rings. The van der Waals surface area contributed by atoms with Crippen molar-refractivity contribution in [2.45, 2.75) is 33.2 Å². The van der Waals surface area contributed by atoms with Crippen LogP contribution in [0, 0.1) is 0 Å². The minimum atomic E-state index is 0.230. The van der Waals surface area contributed by atoms with Crippen molar-refractivity contribution in [2.24, 2.45) is 0 Å². The predicted octanol–water partition coefficient (Wildman–Crippen LogP) is 6.93. The quantitative estimate of drug-likeness (QED) is 0.384. The molecule has 0 amide bonds. The van der Waals surface area contributed by atoms with Gasteiger partial charge in [-0.3, -0.25) is 0 Å². The van der Waals surface area contributed by atoms with Gasteiger partial charge in [0.05, 0.1) is 5.02 Å². The Morgan fingerprint density at radius 2 is 1.71 bits per heavy atom. The lowest BCUT2D eigenvalue weighted by atomic mass is 10.0. The molecule has 4 rings (SSSR count). The molecule has 1 atom stereocenters. The van der Waals surface area contributed by atoms with Crippen LogP contribution in [0.5, 0.6) is 0 Å². The Hall–Kier alpha value is -2.45. The van der Waals surface area contributed by atoms with Gasteiger partial charge in [0.15, 0.2) is 0 Å². The molecule has 3 heteroatoms. The Morgan fingerprint density at radius 1 is 0.964 bits per heavy atom. The summed E-state index contributed by atoms with van der Waals surface area (Å²) < 4.78 is 0. The van der Waals surface area contributed by atoms with E-state index in [0.29, 0.717) is 0 Å². The first-order valence-electron chi connectivity index (χ1n) is 10.1. The maximum atomic E-state index is 6.78. The van der Waals surface area contributed by atoms with Gasteiger partial charge in [-0.1, -0.05) is 48.0 Å². The molecule has 28 heavy (non-hydrogen) atoms. The molecule has 0 spiro atoms. The first-order chi connectivity index (χ1) is 13.6. The Bertz CT molecular complexity index is 977. The molecule has 0 fully saturated rings. The summed E-state index contributed by atoms with van der Waals surface area (Å²) in [7, 11) is 0. The van der Waals surface area contributed by atoms with Gasteiger partial charge in [0.1, 0.15) is 0 Å². The number of halogens is 1. The molecule has 0 heterocycles. The fourth-order valence-electron chi connectivity index (χ4n) is 4.21. The summed E-state index contributed by atoms with van der Waals surface area (Å²) in [6, 6.07) is 21.9. The van der Waals surface area contributed by atoms with Gasteiger partial charge in [-0.15, -0.1) is 0 Å². The van der Waals surface area contributed by atoms with E-state index in [0.717, 1.165) is 30.2 Å². The standard InChI is InChI=1S/C25H27ClN2/c1-4-28(5-2)22-12-11-19-13-20-14-21(15-24(26)25(20)23(19)16-22)27-17(3)18-9-7-6-8-10-18/h6-12,14-17,27H,4-5,13H2,1-3H3. The Morgan fingerprint density at radius 3 is 2.43 bits per heavy atom. The molecule has 0 aliphatic heterocycles. The summed E-state index contributed by atoms with van der Waals surface area (Å²) in [5, 5.41) is 4.44. The summed E-state index contributed by atoms with van der Waals surface area (Å²) in [6.07, 6.45) is 0.943. The number of nitrogens with zero attached hydrogens (tertiary/aromatic N) is 1. The largest absolute Gasteiger partial charge is 0.378 e. The van der Waals surface area contributed by atoms with E-state index in [2.05, 4.69) is 85.6 Å². The third-order valence-corrected chi connectivity index (χ3v) is 6.03. The molecule has 144 valence electrons. The van der Waals surface area contributed by atoms with Crippen LogP contribution in [0.25, 0.3) is 11.1 Å². The van der Waals surface area contributed by atoms with E-state index in [1.807, 2.05) is 6.07 Å². The molecule has 1 aliphatic carbocycles. The van der Waals surface area contributed by atoms with Crippen molar-refractivity contribution >= 4 is 23.0 Å². The van der Waals surface area contributed by atoms with Crippen molar-refractivity contribution in [3.8, 4) is 11.1 Å². The van der Waals surface area contributed by atoms with Gasteiger partial charge in [-0.25, -0.2) is 0 Å². The summed E-state index contributed by atoms with van der Waals surface area (Å²) in [4.78, 5) is 2.38. The van der Waals surface area contributed by atoms with E-state index in [9.17, 15) is 0 Å². The highest BCUT2D eigenvalue weighted by molar-refractivity contribution is 6.34. The summed E-state index contributed by atoms with van der Waals surface area (Å²) in [5.74, 6) is 0. The van der Waals surface area contributed by atoms with Gasteiger partial charge in [-0.05, 0) is 73.7 Å². The molecule has 0 saturated heterocycles. The zero-order valence-corrected chi connectivity index (χ0v) is 17.6. The lowest BCUT2D eigenvalue weighted by Crippen LogP contribution is -2.21. The normalized spacial score (nSPS) is 13.0. The highest BCUT2D eigenvalue weighted by Gasteiger charge is 2.23. The van der Waals surface area contributed by atoms with Crippen LogP contribution in [-0.2, 0) is 6.42 Å². The average Bonchev–Trinajstić information content (AvgIpc) is 3.07. The fourth-order valence-corrected chi connectivity index (χ4v) is 4.55. The number of rotatable bonds is 6. The summed E-state index contributed by atoms with van der Waals surface area (Å²) in [6.45, 7) is 8.60. The van der Waals surface area contributed by atoms with Gasteiger partial charge >= 0.3 is 0 Å². The number of nitrogens with one attached hydrogen (secondary N) is 1. The second kappa shape index (κ2) is 7.89. The first-order valence-corrected chi connectivity index (χ1v) is 10.5. The zero-order valence-electron chi connectivity index (χ0n) is 16.8. The topological polar surface area (TPSA) is 15.3 Å². The van der Waals surface area contributed by atoms with E-state index >= 15 is 0 Å². The van der Waals surface area contributed by atoms with E-state index in [1.165, 1.54) is 33.5 Å². The van der Waals surface area contributed by atoms with Gasteiger partial charge in [-0.2, -0.15) is 0 Å². The molecular weight excluding hydrogens is 364 g/mol. The van der Waals surface area contributed by atoms with Crippen molar-refractivity contribution in [1.29, 1.82) is 0 Å². The lowest BCUT2D eigenvalue weighted by Gasteiger charge is -2.22. The number of hydrogen-bond acceptors (Lipinski definition) is 2. The van der Waals surface area contributed by atoms with Crippen LogP contribution >= 0.6 is 11.6 Å². The first kappa shape index (κ1) is 18.9. The Balaban J connectivity index is 1.65. The van der Waals surface area contributed by atoms with Crippen LogP contribution < -0.4 is 10.2 Å². The van der Waals surface area contributed by atoms with E-state index in [4.69, 9.17) is 11.6 Å². The molecule has 3 aromatic rings. The van der Waals surface area contributed by atoms with Crippen molar-refractivity contribution in [2.75, 3.05) is 23.3 Å². The fraction of sp³-hybridized carbons (Fsp3) is 0.280. The molecule has 3 aromatic carbocycles. The van der Waals surface area contributed by atoms with Crippen molar-refractivity contribution in [3.63, 3.8) is 0 Å². The van der Waals surface area contributed by atoms with E-state index < -0.39 is 0 Å². The van der Waals surface area contributed by atoms with Gasteiger partial charge < -0.3 is 10.2 Å². The molecule has 1 unspecified atom stereocenters. The van der Waals surface area contributed by atoms with Crippen molar-refractivity contribution in [1.82, 2.24) is 0 Å². The highest BCUT2D eigenvalue weighted by Crippen LogP contribution is 2.44. The SMILES string of the molecule is CCN(CC)c1ccc2c(c1)-c1c(Cl)cc(NC(C)c3ccccc3)cc1C2. The van der Waals surface area contributed by atoms with E-state index in [-0.39, 0.29) is 6.04 Å². The Kier molecular flexibility index (Phi) is 5.32. The lowest BCUT2D eigenvalue weighted by molar-refractivity contribution is 0.866. The maximum absolute atomic E-state index is 6.78. The maximum Gasteiger partial charge on any atom is 0.0507 e. The number of hydrogen-bond donors (Lipinski definition) is 1. The van der Waals surface area contributed by atoms with Crippen molar-refractivity contribution in [3.05, 3.63) is 82.4 Å². The highest BCUT2D eigenvalue weighted by atomic mass is 35.5. The molecular formula is C25H27ClN2. The van der Waals surface area contributed by atoms with Gasteiger partial charge in [0.2, 0.25) is 0 Å².